The van der Waals surface area contributed by atoms with Crippen molar-refractivity contribution in [2.24, 2.45) is 16.5 Å². The number of esters is 1. The number of piperidine rings is 1. The van der Waals surface area contributed by atoms with Gasteiger partial charge in [-0.15, -0.1) is 0 Å². The Morgan fingerprint density at radius 3 is 2.72 bits per heavy atom. The highest BCUT2D eigenvalue weighted by molar-refractivity contribution is 6.01. The highest BCUT2D eigenvalue weighted by Gasteiger charge is 2.48. The van der Waals surface area contributed by atoms with Crippen LogP contribution >= 0.6 is 0 Å². The number of amides is 1. The molecule has 0 unspecified atom stereocenters. The zero-order chi connectivity index (χ0) is 20.4. The van der Waals surface area contributed by atoms with E-state index in [0.29, 0.717) is 26.0 Å². The first kappa shape index (κ1) is 19.9. The van der Waals surface area contributed by atoms with Gasteiger partial charge in [-0.05, 0) is 45.1 Å². The molecule has 1 amide bonds. The smallest absolute Gasteiger partial charge is 0.314 e. The third-order valence-electron chi connectivity index (χ3n) is 6.26. The number of oxime groups is 1. The fourth-order valence-electron chi connectivity index (χ4n) is 4.50. The summed E-state index contributed by atoms with van der Waals surface area (Å²) in [7, 11) is 0. The molecule has 0 bridgehead atoms. The van der Waals surface area contributed by atoms with Gasteiger partial charge in [0.2, 0.25) is 5.91 Å². The fourth-order valence-corrected chi connectivity index (χ4v) is 4.50. The van der Waals surface area contributed by atoms with Crippen molar-refractivity contribution in [3.63, 3.8) is 0 Å². The van der Waals surface area contributed by atoms with E-state index < -0.39 is 5.41 Å². The second-order valence-electron chi connectivity index (χ2n) is 8.68. The zero-order valence-corrected chi connectivity index (χ0v) is 17.4. The second kappa shape index (κ2) is 8.17. The van der Waals surface area contributed by atoms with Gasteiger partial charge in [0.05, 0.1) is 17.7 Å². The lowest BCUT2D eigenvalue weighted by molar-refractivity contribution is -0.164. The molecule has 4 rings (SSSR count). The lowest BCUT2D eigenvalue weighted by atomic mass is 9.74. The van der Waals surface area contributed by atoms with Gasteiger partial charge in [-0.2, -0.15) is 0 Å². The van der Waals surface area contributed by atoms with Crippen molar-refractivity contribution in [2.75, 3.05) is 19.7 Å². The summed E-state index contributed by atoms with van der Waals surface area (Å²) < 4.78 is 5.45. The Kier molecular flexibility index (Phi) is 5.61. The van der Waals surface area contributed by atoms with Gasteiger partial charge in [-0.3, -0.25) is 9.59 Å². The number of nitrogens with zero attached hydrogens (tertiary/aromatic N) is 2. The number of benzene rings is 1. The number of ether oxygens (including phenoxy) is 1. The van der Waals surface area contributed by atoms with Crippen LogP contribution in [0.5, 0.6) is 0 Å². The summed E-state index contributed by atoms with van der Waals surface area (Å²) in [6.07, 6.45) is 4.50. The Bertz CT molecular complexity index is 800. The molecule has 3 aliphatic rings. The van der Waals surface area contributed by atoms with Gasteiger partial charge in [0.1, 0.15) is 6.10 Å². The van der Waals surface area contributed by atoms with E-state index in [-0.39, 0.29) is 23.9 Å². The van der Waals surface area contributed by atoms with Crippen LogP contribution in [0.25, 0.3) is 0 Å². The standard InChI is InChI=1S/C23H30N2O4/c1-3-28-22(27)23(11-4-12-25(15-23)21(26)18-9-10-18)14-19-13-20(24-29-19)17-7-5-16(2)6-8-17/h5-8,18-19H,3-4,9-15H2,1-2H3/t19-,23-/m0/s1. The average molecular weight is 399 g/mol. The summed E-state index contributed by atoms with van der Waals surface area (Å²) in [5.74, 6) is 0.148. The highest BCUT2D eigenvalue weighted by Crippen LogP contribution is 2.41. The number of hydrogen-bond donors (Lipinski definition) is 0. The van der Waals surface area contributed by atoms with Crippen LogP contribution < -0.4 is 0 Å². The molecule has 1 aromatic rings. The molecule has 2 aliphatic heterocycles. The molecule has 2 fully saturated rings. The van der Waals surface area contributed by atoms with E-state index in [4.69, 9.17) is 9.57 Å². The van der Waals surface area contributed by atoms with E-state index in [1.165, 1.54) is 5.56 Å². The molecule has 156 valence electrons. The summed E-state index contributed by atoms with van der Waals surface area (Å²) in [5.41, 5.74) is 2.46. The molecule has 29 heavy (non-hydrogen) atoms. The lowest BCUT2D eigenvalue weighted by Gasteiger charge is -2.41. The molecular formula is C23H30N2O4. The maximum absolute atomic E-state index is 13.0. The minimum Gasteiger partial charge on any atom is -0.466 e. The van der Waals surface area contributed by atoms with Gasteiger partial charge in [-0.1, -0.05) is 35.0 Å². The van der Waals surface area contributed by atoms with Crippen molar-refractivity contribution < 1.29 is 19.2 Å². The number of carbonyl (C=O) groups excluding carboxylic acids is 2. The predicted molar refractivity (Wildman–Crippen MR) is 109 cm³/mol. The number of rotatable bonds is 6. The Morgan fingerprint density at radius 2 is 2.03 bits per heavy atom. The number of aryl methyl sites for hydroxylation is 1. The zero-order valence-electron chi connectivity index (χ0n) is 17.4. The third-order valence-corrected chi connectivity index (χ3v) is 6.26. The molecule has 0 radical (unpaired) electrons. The normalized spacial score (nSPS) is 26.6. The van der Waals surface area contributed by atoms with Crippen LogP contribution in [0.15, 0.2) is 29.4 Å². The van der Waals surface area contributed by atoms with E-state index in [1.54, 1.807) is 0 Å². The second-order valence-corrected chi connectivity index (χ2v) is 8.68. The summed E-state index contributed by atoms with van der Waals surface area (Å²) in [6.45, 7) is 5.38. The first-order valence-electron chi connectivity index (χ1n) is 10.8. The van der Waals surface area contributed by atoms with Crippen molar-refractivity contribution in [3.05, 3.63) is 35.4 Å². The highest BCUT2D eigenvalue weighted by atomic mass is 16.6. The van der Waals surface area contributed by atoms with Crippen LogP contribution in [0.4, 0.5) is 0 Å². The molecule has 1 saturated carbocycles. The summed E-state index contributed by atoms with van der Waals surface area (Å²) >= 11 is 0. The van der Waals surface area contributed by atoms with Crippen LogP contribution in [-0.2, 0) is 19.2 Å². The third kappa shape index (κ3) is 4.31. The lowest BCUT2D eigenvalue weighted by Crippen LogP contribution is -2.52. The molecular weight excluding hydrogens is 368 g/mol. The molecule has 2 heterocycles. The first-order valence-corrected chi connectivity index (χ1v) is 10.8. The minimum absolute atomic E-state index is 0.159. The maximum Gasteiger partial charge on any atom is 0.314 e. The molecule has 1 aliphatic carbocycles. The molecule has 1 aromatic carbocycles. The van der Waals surface area contributed by atoms with Crippen molar-refractivity contribution in [3.8, 4) is 0 Å². The van der Waals surface area contributed by atoms with Crippen molar-refractivity contribution in [2.45, 2.75) is 58.5 Å². The summed E-state index contributed by atoms with van der Waals surface area (Å²) in [4.78, 5) is 33.3. The van der Waals surface area contributed by atoms with Gasteiger partial charge >= 0.3 is 5.97 Å². The predicted octanol–water partition coefficient (Wildman–Crippen LogP) is 3.46. The minimum atomic E-state index is -0.707. The van der Waals surface area contributed by atoms with Gasteiger partial charge in [0.15, 0.2) is 0 Å². The van der Waals surface area contributed by atoms with Crippen molar-refractivity contribution in [1.82, 2.24) is 4.90 Å². The summed E-state index contributed by atoms with van der Waals surface area (Å²) in [5, 5.41) is 4.30. The fraction of sp³-hybridized carbons (Fsp3) is 0.609. The van der Waals surface area contributed by atoms with Crippen LogP contribution in [0, 0.1) is 18.3 Å². The van der Waals surface area contributed by atoms with E-state index in [0.717, 1.165) is 43.5 Å². The maximum atomic E-state index is 13.0. The van der Waals surface area contributed by atoms with Crippen LogP contribution in [0.1, 0.15) is 56.6 Å². The SMILES string of the molecule is CCOC(=O)[C@]1(C[C@@H]2CC(c3ccc(C)cc3)=NO2)CCCN(C(=O)C2CC2)C1. The summed E-state index contributed by atoms with van der Waals surface area (Å²) in [6, 6.07) is 8.23. The molecule has 0 spiro atoms. The molecule has 2 atom stereocenters. The quantitative estimate of drug-likeness (QED) is 0.688. The van der Waals surface area contributed by atoms with Gasteiger partial charge in [0, 0.05) is 31.8 Å². The molecule has 0 N–H and O–H groups in total. The molecule has 6 nitrogen and oxygen atoms in total. The van der Waals surface area contributed by atoms with Crippen LogP contribution in [-0.4, -0.2) is 48.3 Å². The molecule has 0 aromatic heterocycles. The van der Waals surface area contributed by atoms with Gasteiger partial charge in [0.25, 0.3) is 0 Å². The average Bonchev–Trinajstić information content (AvgIpc) is 3.48. The molecule has 6 heteroatoms. The van der Waals surface area contributed by atoms with Gasteiger partial charge in [-0.25, -0.2) is 0 Å². The van der Waals surface area contributed by atoms with Crippen LogP contribution in [0.3, 0.4) is 0 Å². The Morgan fingerprint density at radius 1 is 1.28 bits per heavy atom. The van der Waals surface area contributed by atoms with E-state index >= 15 is 0 Å². The van der Waals surface area contributed by atoms with Gasteiger partial charge < -0.3 is 14.5 Å². The van der Waals surface area contributed by atoms with E-state index in [1.807, 2.05) is 11.8 Å². The largest absolute Gasteiger partial charge is 0.466 e. The van der Waals surface area contributed by atoms with E-state index in [2.05, 4.69) is 36.3 Å². The van der Waals surface area contributed by atoms with Crippen LogP contribution in [0.2, 0.25) is 0 Å². The van der Waals surface area contributed by atoms with E-state index in [9.17, 15) is 9.59 Å². The number of hydrogen-bond acceptors (Lipinski definition) is 5. The first-order chi connectivity index (χ1) is 14.0. The Hall–Kier alpha value is -2.37. The van der Waals surface area contributed by atoms with Crippen molar-refractivity contribution in [1.29, 1.82) is 0 Å². The Balaban J connectivity index is 1.47. The van der Waals surface area contributed by atoms with Crippen molar-refractivity contribution >= 4 is 17.6 Å². The molecule has 1 saturated heterocycles. The Labute approximate surface area is 172 Å². The number of likely N-dealkylation sites (tertiary alicyclic amines) is 1. The number of carbonyl (C=O) groups is 2. The topological polar surface area (TPSA) is 68.2 Å². The monoisotopic (exact) mass is 398 g/mol.